The minimum absolute atomic E-state index is 0.175. The maximum atomic E-state index is 13.5. The summed E-state index contributed by atoms with van der Waals surface area (Å²) in [6, 6.07) is 15.4. The van der Waals surface area contributed by atoms with Crippen LogP contribution in [-0.4, -0.2) is 17.9 Å². The van der Waals surface area contributed by atoms with E-state index in [1.807, 2.05) is 36.4 Å². The van der Waals surface area contributed by atoms with E-state index in [4.69, 9.17) is 13.6 Å². The van der Waals surface area contributed by atoms with Crippen molar-refractivity contribution in [2.75, 3.05) is 7.11 Å². The predicted molar refractivity (Wildman–Crippen MR) is 108 cm³/mol. The van der Waals surface area contributed by atoms with Gasteiger partial charge in [-0.1, -0.05) is 18.2 Å². The van der Waals surface area contributed by atoms with Crippen LogP contribution in [0.2, 0.25) is 0 Å². The van der Waals surface area contributed by atoms with Crippen molar-refractivity contribution in [3.63, 3.8) is 0 Å². The summed E-state index contributed by atoms with van der Waals surface area (Å²) in [7, 11) is 1.62. The van der Waals surface area contributed by atoms with E-state index in [-0.39, 0.29) is 5.91 Å². The normalized spacial score (nSPS) is 11.2. The van der Waals surface area contributed by atoms with Crippen LogP contribution in [0.15, 0.2) is 63.6 Å². The van der Waals surface area contributed by atoms with Crippen LogP contribution in [0.4, 0.5) is 0 Å². The Hall–Kier alpha value is -2.83. The molecular weight excluding hydrogens is 374 g/mol. The molecule has 0 bridgehead atoms. The number of fused-ring (bicyclic) bond motifs is 1. The van der Waals surface area contributed by atoms with Crippen molar-refractivity contribution in [3.8, 4) is 0 Å². The van der Waals surface area contributed by atoms with Gasteiger partial charge in [0, 0.05) is 27.8 Å². The molecule has 0 saturated heterocycles. The number of furan rings is 2. The maximum Gasteiger partial charge on any atom is 0.290 e. The highest BCUT2D eigenvalue weighted by atomic mass is 32.1. The summed E-state index contributed by atoms with van der Waals surface area (Å²) in [6.45, 7) is 3.22. The van der Waals surface area contributed by atoms with Gasteiger partial charge in [-0.2, -0.15) is 0 Å². The summed E-state index contributed by atoms with van der Waals surface area (Å²) >= 11 is 1.68. The number of amides is 1. The van der Waals surface area contributed by atoms with Crippen LogP contribution in [0.5, 0.6) is 0 Å². The third kappa shape index (κ3) is 3.74. The highest BCUT2D eigenvalue weighted by Crippen LogP contribution is 2.29. The Morgan fingerprint density at radius 2 is 1.96 bits per heavy atom. The van der Waals surface area contributed by atoms with Gasteiger partial charge < -0.3 is 18.5 Å². The van der Waals surface area contributed by atoms with Crippen molar-refractivity contribution < 1.29 is 18.4 Å². The molecule has 28 heavy (non-hydrogen) atoms. The molecule has 3 heterocycles. The number of hydrogen-bond acceptors (Lipinski definition) is 5. The molecule has 0 spiro atoms. The number of nitrogens with zero attached hydrogens (tertiary/aromatic N) is 1. The van der Waals surface area contributed by atoms with E-state index in [9.17, 15) is 4.79 Å². The van der Waals surface area contributed by atoms with Gasteiger partial charge in [-0.25, -0.2) is 0 Å². The first-order valence-electron chi connectivity index (χ1n) is 9.02. The molecule has 1 aromatic carbocycles. The SMILES string of the molecule is COCc1c(C(=O)N(Cc2ccco2)Cc2ccc(C)s2)oc2ccccc12. The molecule has 0 unspecified atom stereocenters. The Bertz CT molecular complexity index is 1080. The summed E-state index contributed by atoms with van der Waals surface area (Å²) in [5.74, 6) is 0.875. The molecule has 6 heteroatoms. The molecule has 144 valence electrons. The third-order valence-corrected chi connectivity index (χ3v) is 5.52. The Kier molecular flexibility index (Phi) is 5.32. The van der Waals surface area contributed by atoms with E-state index in [1.165, 1.54) is 4.88 Å². The van der Waals surface area contributed by atoms with Gasteiger partial charge in [0.1, 0.15) is 11.3 Å². The lowest BCUT2D eigenvalue weighted by Gasteiger charge is -2.20. The average molecular weight is 395 g/mol. The minimum Gasteiger partial charge on any atom is -0.467 e. The Morgan fingerprint density at radius 1 is 1.11 bits per heavy atom. The van der Waals surface area contributed by atoms with Crippen molar-refractivity contribution in [2.24, 2.45) is 0 Å². The van der Waals surface area contributed by atoms with Crippen LogP contribution in [0.1, 0.15) is 31.6 Å². The fraction of sp³-hybridized carbons (Fsp3) is 0.227. The van der Waals surface area contributed by atoms with Gasteiger partial charge in [0.2, 0.25) is 0 Å². The van der Waals surface area contributed by atoms with Gasteiger partial charge in [0.05, 0.1) is 26.0 Å². The van der Waals surface area contributed by atoms with Crippen LogP contribution >= 0.6 is 11.3 Å². The predicted octanol–water partition coefficient (Wildman–Crippen LogP) is 5.38. The van der Waals surface area contributed by atoms with Crippen LogP contribution in [-0.2, 0) is 24.4 Å². The van der Waals surface area contributed by atoms with Crippen molar-refractivity contribution in [3.05, 3.63) is 81.6 Å². The number of thiophene rings is 1. The Balaban J connectivity index is 1.71. The van der Waals surface area contributed by atoms with Gasteiger partial charge in [0.15, 0.2) is 5.76 Å². The van der Waals surface area contributed by atoms with E-state index in [0.717, 1.165) is 21.6 Å². The summed E-state index contributed by atoms with van der Waals surface area (Å²) in [5, 5.41) is 0.901. The fourth-order valence-corrected chi connectivity index (χ4v) is 4.16. The molecule has 0 fully saturated rings. The lowest BCUT2D eigenvalue weighted by molar-refractivity contribution is 0.0683. The quantitative estimate of drug-likeness (QED) is 0.421. The van der Waals surface area contributed by atoms with E-state index in [0.29, 0.717) is 31.0 Å². The highest BCUT2D eigenvalue weighted by Gasteiger charge is 2.26. The standard InChI is InChI=1S/C22H21NO4S/c1-15-9-10-17(28-15)13-23(12-16-6-5-11-26-16)22(24)21-19(14-25-2)18-7-3-4-8-20(18)27-21/h3-11H,12-14H2,1-2H3. The number of carbonyl (C=O) groups excluding carboxylic acids is 1. The average Bonchev–Trinajstić information content (AvgIpc) is 3.42. The van der Waals surface area contributed by atoms with Crippen molar-refractivity contribution in [1.82, 2.24) is 4.90 Å². The van der Waals surface area contributed by atoms with E-state index >= 15 is 0 Å². The largest absolute Gasteiger partial charge is 0.467 e. The summed E-state index contributed by atoms with van der Waals surface area (Å²) in [6.07, 6.45) is 1.62. The van der Waals surface area contributed by atoms with E-state index in [1.54, 1.807) is 29.6 Å². The zero-order chi connectivity index (χ0) is 19.5. The smallest absolute Gasteiger partial charge is 0.290 e. The van der Waals surface area contributed by atoms with Crippen LogP contribution in [0.3, 0.4) is 0 Å². The first-order valence-corrected chi connectivity index (χ1v) is 9.83. The number of hydrogen-bond donors (Lipinski definition) is 0. The van der Waals surface area contributed by atoms with Gasteiger partial charge >= 0.3 is 0 Å². The number of ether oxygens (including phenoxy) is 1. The minimum atomic E-state index is -0.175. The number of rotatable bonds is 7. The second-order valence-corrected chi connectivity index (χ2v) is 7.96. The number of carbonyl (C=O) groups is 1. The molecule has 4 aromatic rings. The van der Waals surface area contributed by atoms with Gasteiger partial charge in [0.25, 0.3) is 5.91 Å². The number of benzene rings is 1. The summed E-state index contributed by atoms with van der Waals surface area (Å²) in [5.41, 5.74) is 1.46. The Labute approximate surface area is 167 Å². The highest BCUT2D eigenvalue weighted by molar-refractivity contribution is 7.11. The number of methoxy groups -OCH3 is 1. The van der Waals surface area contributed by atoms with Crippen molar-refractivity contribution in [2.45, 2.75) is 26.6 Å². The first kappa shape index (κ1) is 18.5. The molecule has 0 radical (unpaired) electrons. The second-order valence-electron chi connectivity index (χ2n) is 6.59. The molecule has 0 aliphatic carbocycles. The number of aryl methyl sites for hydroxylation is 1. The van der Waals surface area contributed by atoms with Gasteiger partial charge in [-0.3, -0.25) is 4.79 Å². The van der Waals surface area contributed by atoms with Crippen molar-refractivity contribution >= 4 is 28.2 Å². The molecule has 1 amide bonds. The van der Waals surface area contributed by atoms with Gasteiger partial charge in [-0.15, -0.1) is 11.3 Å². The molecule has 0 aliphatic heterocycles. The maximum absolute atomic E-state index is 13.5. The van der Waals surface area contributed by atoms with Crippen molar-refractivity contribution in [1.29, 1.82) is 0 Å². The number of para-hydroxylation sites is 1. The Morgan fingerprint density at radius 3 is 2.68 bits per heavy atom. The molecule has 5 nitrogen and oxygen atoms in total. The molecule has 0 saturated carbocycles. The zero-order valence-corrected chi connectivity index (χ0v) is 16.6. The summed E-state index contributed by atoms with van der Waals surface area (Å²) < 4.78 is 16.8. The molecule has 4 rings (SSSR count). The van der Waals surface area contributed by atoms with Gasteiger partial charge in [-0.05, 0) is 37.3 Å². The summed E-state index contributed by atoms with van der Waals surface area (Å²) in [4.78, 5) is 17.6. The van der Waals surface area contributed by atoms with E-state index in [2.05, 4.69) is 19.1 Å². The first-order chi connectivity index (χ1) is 13.7. The van der Waals surface area contributed by atoms with Crippen LogP contribution in [0, 0.1) is 6.92 Å². The zero-order valence-electron chi connectivity index (χ0n) is 15.8. The second kappa shape index (κ2) is 8.04. The molecule has 0 atom stereocenters. The van der Waals surface area contributed by atoms with Crippen LogP contribution < -0.4 is 0 Å². The molecule has 0 N–H and O–H groups in total. The topological polar surface area (TPSA) is 55.8 Å². The van der Waals surface area contributed by atoms with Crippen LogP contribution in [0.25, 0.3) is 11.0 Å². The molecular formula is C22H21NO4S. The molecule has 0 aliphatic rings. The van der Waals surface area contributed by atoms with E-state index < -0.39 is 0 Å². The lowest BCUT2D eigenvalue weighted by atomic mass is 10.1. The monoisotopic (exact) mass is 395 g/mol. The fourth-order valence-electron chi connectivity index (χ4n) is 3.25. The lowest BCUT2D eigenvalue weighted by Crippen LogP contribution is -2.30. The third-order valence-electron chi connectivity index (χ3n) is 4.54. The molecule has 3 aromatic heterocycles.